The van der Waals surface area contributed by atoms with Crippen LogP contribution < -0.4 is 16.0 Å². The third kappa shape index (κ3) is 3.54. The van der Waals surface area contributed by atoms with Crippen molar-refractivity contribution in [3.63, 3.8) is 0 Å². The maximum Gasteiger partial charge on any atom is 0.227 e. The summed E-state index contributed by atoms with van der Waals surface area (Å²) in [6, 6.07) is 0.0426. The van der Waals surface area contributed by atoms with E-state index in [1.54, 1.807) is 17.3 Å². The minimum atomic E-state index is -0.302. The highest BCUT2D eigenvalue weighted by molar-refractivity contribution is 6.00. The van der Waals surface area contributed by atoms with Gasteiger partial charge in [-0.25, -0.2) is 0 Å². The Morgan fingerprint density at radius 2 is 2.33 bits per heavy atom. The van der Waals surface area contributed by atoms with Gasteiger partial charge in [-0.3, -0.25) is 14.7 Å². The highest BCUT2D eigenvalue weighted by Crippen LogP contribution is 2.31. The molecule has 0 bridgehead atoms. The molecule has 8 heteroatoms. The number of hydrogen-bond donors (Lipinski definition) is 3. The van der Waals surface area contributed by atoms with Gasteiger partial charge in [-0.05, 0) is 18.8 Å². The zero-order chi connectivity index (χ0) is 14.1. The Labute approximate surface area is 129 Å². The number of nitrogens with one attached hydrogen (secondary N) is 2. The lowest BCUT2D eigenvalue weighted by Crippen LogP contribution is -2.41. The molecular formula is C13H20ClN5O2. The lowest BCUT2D eigenvalue weighted by molar-refractivity contribution is -0.126. The average Bonchev–Trinajstić information content (AvgIpc) is 3.01. The predicted molar refractivity (Wildman–Crippen MR) is 80.0 cm³/mol. The Kier molecular flexibility index (Phi) is 4.84. The first-order chi connectivity index (χ1) is 9.65. The summed E-state index contributed by atoms with van der Waals surface area (Å²) in [5, 5.41) is 9.36. The Bertz CT molecular complexity index is 503. The van der Waals surface area contributed by atoms with E-state index in [2.05, 4.69) is 15.5 Å². The van der Waals surface area contributed by atoms with Crippen LogP contribution in [0, 0.1) is 11.8 Å². The lowest BCUT2D eigenvalue weighted by atomic mass is 10.1. The van der Waals surface area contributed by atoms with Crippen molar-refractivity contribution in [2.75, 3.05) is 18.0 Å². The van der Waals surface area contributed by atoms with Crippen LogP contribution in [0.1, 0.15) is 19.3 Å². The first-order valence-corrected chi connectivity index (χ1v) is 6.97. The van der Waals surface area contributed by atoms with Gasteiger partial charge in [-0.15, -0.1) is 12.4 Å². The van der Waals surface area contributed by atoms with E-state index in [0.29, 0.717) is 24.7 Å². The van der Waals surface area contributed by atoms with E-state index < -0.39 is 0 Å². The molecule has 0 radical (unpaired) electrons. The Balaban J connectivity index is 0.00000161. The van der Waals surface area contributed by atoms with Crippen LogP contribution in [0.25, 0.3) is 0 Å². The highest BCUT2D eigenvalue weighted by atomic mass is 35.5. The van der Waals surface area contributed by atoms with Crippen molar-refractivity contribution >= 4 is 29.9 Å². The van der Waals surface area contributed by atoms with Gasteiger partial charge in [0.05, 0.1) is 17.8 Å². The summed E-state index contributed by atoms with van der Waals surface area (Å²) in [6.45, 7) is 0.906. The van der Waals surface area contributed by atoms with E-state index in [4.69, 9.17) is 5.73 Å². The summed E-state index contributed by atoms with van der Waals surface area (Å²) in [6.07, 6.45) is 5.80. The number of nitrogens with two attached hydrogens (primary N) is 1. The van der Waals surface area contributed by atoms with Crippen molar-refractivity contribution in [3.05, 3.63) is 12.4 Å². The molecule has 3 rings (SSSR count). The first kappa shape index (κ1) is 15.8. The molecule has 4 N–H and O–H groups in total. The van der Waals surface area contributed by atoms with Crippen molar-refractivity contribution in [2.45, 2.75) is 25.3 Å². The predicted octanol–water partition coefficient (Wildman–Crippen LogP) is 0.0379. The highest BCUT2D eigenvalue weighted by Gasteiger charge is 2.36. The van der Waals surface area contributed by atoms with Crippen LogP contribution in [0.5, 0.6) is 0 Å². The van der Waals surface area contributed by atoms with E-state index in [1.807, 2.05) is 0 Å². The molecule has 2 fully saturated rings. The van der Waals surface area contributed by atoms with Crippen LogP contribution in [0.4, 0.5) is 5.69 Å². The van der Waals surface area contributed by atoms with Gasteiger partial charge in [0.25, 0.3) is 0 Å². The summed E-state index contributed by atoms with van der Waals surface area (Å²) in [5.41, 5.74) is 6.66. The monoisotopic (exact) mass is 313 g/mol. The number of H-pyrrole nitrogens is 1. The summed E-state index contributed by atoms with van der Waals surface area (Å²) in [7, 11) is 0. The zero-order valence-electron chi connectivity index (χ0n) is 11.6. The maximum absolute atomic E-state index is 12.1. The fourth-order valence-electron chi connectivity index (χ4n) is 2.58. The van der Waals surface area contributed by atoms with Crippen molar-refractivity contribution in [3.8, 4) is 0 Å². The van der Waals surface area contributed by atoms with E-state index >= 15 is 0 Å². The number of amides is 2. The number of aromatic nitrogens is 2. The second-order valence-corrected chi connectivity index (χ2v) is 5.61. The molecule has 2 unspecified atom stereocenters. The fraction of sp³-hybridized carbons (Fsp3) is 0.615. The van der Waals surface area contributed by atoms with Crippen LogP contribution in [-0.4, -0.2) is 41.1 Å². The SMILES string of the molecule is Cl.NC(CNC(=O)C1CC(=O)N(c2cn[nH]c2)C1)C1CC1. The second kappa shape index (κ2) is 6.44. The Morgan fingerprint density at radius 1 is 1.57 bits per heavy atom. The van der Waals surface area contributed by atoms with Gasteiger partial charge in [-0.2, -0.15) is 5.10 Å². The number of anilines is 1. The quantitative estimate of drug-likeness (QED) is 0.713. The molecule has 116 valence electrons. The normalized spacial score (nSPS) is 22.8. The third-order valence-corrected chi connectivity index (χ3v) is 4.03. The van der Waals surface area contributed by atoms with Gasteiger partial charge in [0.2, 0.25) is 11.8 Å². The number of rotatable bonds is 5. The maximum atomic E-state index is 12.1. The smallest absolute Gasteiger partial charge is 0.227 e. The number of hydrogen-bond acceptors (Lipinski definition) is 4. The van der Waals surface area contributed by atoms with Gasteiger partial charge in [0, 0.05) is 31.7 Å². The summed E-state index contributed by atoms with van der Waals surface area (Å²) >= 11 is 0. The van der Waals surface area contributed by atoms with Crippen molar-refractivity contribution < 1.29 is 9.59 Å². The van der Waals surface area contributed by atoms with Crippen LogP contribution in [0.2, 0.25) is 0 Å². The standard InChI is InChI=1S/C13H19N5O2.ClH/c14-11(8-1-2-8)6-15-13(20)9-3-12(19)18(7-9)10-4-16-17-5-10;/h4-5,8-9,11H,1-3,6-7,14H2,(H,15,20)(H,16,17);1H. The van der Waals surface area contributed by atoms with Crippen LogP contribution in [0.15, 0.2) is 12.4 Å². The summed E-state index contributed by atoms with van der Waals surface area (Å²) in [4.78, 5) is 25.6. The van der Waals surface area contributed by atoms with Crippen molar-refractivity contribution in [1.82, 2.24) is 15.5 Å². The molecule has 2 atom stereocenters. The van der Waals surface area contributed by atoms with E-state index in [9.17, 15) is 9.59 Å². The minimum absolute atomic E-state index is 0. The molecule has 2 heterocycles. The Morgan fingerprint density at radius 3 is 2.95 bits per heavy atom. The van der Waals surface area contributed by atoms with E-state index in [0.717, 1.165) is 12.8 Å². The first-order valence-electron chi connectivity index (χ1n) is 6.97. The molecule has 1 aromatic rings. The molecule has 7 nitrogen and oxygen atoms in total. The molecule has 2 aliphatic rings. The molecule has 1 saturated carbocycles. The number of aromatic amines is 1. The number of halogens is 1. The van der Waals surface area contributed by atoms with E-state index in [1.165, 1.54) is 0 Å². The molecule has 1 aromatic heterocycles. The van der Waals surface area contributed by atoms with Crippen LogP contribution >= 0.6 is 12.4 Å². The minimum Gasteiger partial charge on any atom is -0.354 e. The van der Waals surface area contributed by atoms with Crippen LogP contribution in [-0.2, 0) is 9.59 Å². The van der Waals surface area contributed by atoms with Gasteiger partial charge in [-0.1, -0.05) is 0 Å². The number of carbonyl (C=O) groups is 2. The number of carbonyl (C=O) groups excluding carboxylic acids is 2. The molecule has 1 saturated heterocycles. The Hall–Kier alpha value is -1.60. The van der Waals surface area contributed by atoms with Gasteiger partial charge >= 0.3 is 0 Å². The average molecular weight is 314 g/mol. The van der Waals surface area contributed by atoms with Gasteiger partial charge in [0.1, 0.15) is 0 Å². The van der Waals surface area contributed by atoms with E-state index in [-0.39, 0.29) is 42.6 Å². The molecule has 0 aromatic carbocycles. The fourth-order valence-corrected chi connectivity index (χ4v) is 2.58. The molecule has 1 aliphatic carbocycles. The zero-order valence-corrected chi connectivity index (χ0v) is 12.4. The number of nitrogens with zero attached hydrogens (tertiary/aromatic N) is 2. The summed E-state index contributed by atoms with van der Waals surface area (Å²) < 4.78 is 0. The van der Waals surface area contributed by atoms with Crippen molar-refractivity contribution in [2.24, 2.45) is 17.6 Å². The second-order valence-electron chi connectivity index (χ2n) is 5.61. The molecule has 2 amide bonds. The van der Waals surface area contributed by atoms with Crippen LogP contribution in [0.3, 0.4) is 0 Å². The summed E-state index contributed by atoms with van der Waals surface area (Å²) in [5.74, 6) is 0.130. The third-order valence-electron chi connectivity index (χ3n) is 4.03. The van der Waals surface area contributed by atoms with Crippen molar-refractivity contribution in [1.29, 1.82) is 0 Å². The largest absolute Gasteiger partial charge is 0.354 e. The molecule has 0 spiro atoms. The van der Waals surface area contributed by atoms with Gasteiger partial charge < -0.3 is 16.0 Å². The van der Waals surface area contributed by atoms with Gasteiger partial charge in [0.15, 0.2) is 0 Å². The lowest BCUT2D eigenvalue weighted by Gasteiger charge is -2.15. The molecule has 1 aliphatic heterocycles. The molecule has 21 heavy (non-hydrogen) atoms. The molecular weight excluding hydrogens is 294 g/mol. The topological polar surface area (TPSA) is 104 Å².